The molecule has 1 aliphatic heterocycles. The van der Waals surface area contributed by atoms with Crippen molar-refractivity contribution < 1.29 is 18.3 Å². The smallest absolute Gasteiger partial charge is 0.254 e. The van der Waals surface area contributed by atoms with Gasteiger partial charge < -0.3 is 10.1 Å². The lowest BCUT2D eigenvalue weighted by molar-refractivity contribution is 0.0929. The SMILES string of the molecule is CC(C)(C)c1ccc2c(c1)C[C@H](CNC(=O)c1ccc(F)cc1F)O2. The number of amides is 1. The summed E-state index contributed by atoms with van der Waals surface area (Å²) in [5.41, 5.74) is 2.22. The van der Waals surface area contributed by atoms with Gasteiger partial charge in [0.2, 0.25) is 0 Å². The van der Waals surface area contributed by atoms with E-state index in [1.165, 1.54) is 5.56 Å². The Morgan fingerprint density at radius 3 is 2.64 bits per heavy atom. The van der Waals surface area contributed by atoms with E-state index in [2.05, 4.69) is 32.2 Å². The van der Waals surface area contributed by atoms with E-state index in [-0.39, 0.29) is 23.6 Å². The van der Waals surface area contributed by atoms with Crippen molar-refractivity contribution in [3.8, 4) is 5.75 Å². The molecule has 3 nitrogen and oxygen atoms in total. The summed E-state index contributed by atoms with van der Waals surface area (Å²) in [6.07, 6.45) is 0.489. The van der Waals surface area contributed by atoms with Crippen molar-refractivity contribution in [3.05, 3.63) is 64.7 Å². The molecule has 25 heavy (non-hydrogen) atoms. The molecule has 0 saturated heterocycles. The Kier molecular flexibility index (Phi) is 4.50. The third kappa shape index (κ3) is 3.81. The van der Waals surface area contributed by atoms with Crippen molar-refractivity contribution in [1.29, 1.82) is 0 Å². The quantitative estimate of drug-likeness (QED) is 0.913. The summed E-state index contributed by atoms with van der Waals surface area (Å²) in [4.78, 5) is 12.1. The molecule has 0 saturated carbocycles. The Hall–Kier alpha value is -2.43. The van der Waals surface area contributed by atoms with Gasteiger partial charge in [0.1, 0.15) is 23.5 Å². The van der Waals surface area contributed by atoms with E-state index >= 15 is 0 Å². The van der Waals surface area contributed by atoms with Gasteiger partial charge in [-0.15, -0.1) is 0 Å². The third-order valence-corrected chi connectivity index (χ3v) is 4.33. The molecule has 0 bridgehead atoms. The van der Waals surface area contributed by atoms with E-state index in [4.69, 9.17) is 4.74 Å². The number of fused-ring (bicyclic) bond motifs is 1. The van der Waals surface area contributed by atoms with E-state index < -0.39 is 17.5 Å². The Morgan fingerprint density at radius 2 is 1.96 bits per heavy atom. The van der Waals surface area contributed by atoms with Crippen molar-refractivity contribution in [2.24, 2.45) is 0 Å². The van der Waals surface area contributed by atoms with Gasteiger partial charge in [0.05, 0.1) is 12.1 Å². The number of nitrogens with one attached hydrogen (secondary N) is 1. The van der Waals surface area contributed by atoms with Crippen LogP contribution in [0.5, 0.6) is 5.75 Å². The maximum absolute atomic E-state index is 13.6. The minimum Gasteiger partial charge on any atom is -0.488 e. The molecule has 1 N–H and O–H groups in total. The maximum atomic E-state index is 13.6. The molecule has 1 aliphatic rings. The second-order valence-electron chi connectivity index (χ2n) is 7.35. The number of carbonyl (C=O) groups excluding carboxylic acids is 1. The first-order chi connectivity index (χ1) is 11.7. The van der Waals surface area contributed by atoms with Crippen molar-refractivity contribution in [2.75, 3.05) is 6.54 Å². The number of rotatable bonds is 3. The number of ether oxygens (including phenoxy) is 1. The molecule has 0 radical (unpaired) electrons. The van der Waals surface area contributed by atoms with Gasteiger partial charge >= 0.3 is 0 Å². The van der Waals surface area contributed by atoms with Crippen LogP contribution in [0.25, 0.3) is 0 Å². The highest BCUT2D eigenvalue weighted by molar-refractivity contribution is 5.94. The average molecular weight is 345 g/mol. The predicted octanol–water partition coefficient (Wildman–Crippen LogP) is 4.00. The first-order valence-electron chi connectivity index (χ1n) is 8.27. The lowest BCUT2D eigenvalue weighted by Crippen LogP contribution is -2.34. The number of carbonyl (C=O) groups is 1. The summed E-state index contributed by atoms with van der Waals surface area (Å²) >= 11 is 0. The molecule has 0 fully saturated rings. The largest absolute Gasteiger partial charge is 0.488 e. The molecule has 0 aliphatic carbocycles. The highest BCUT2D eigenvalue weighted by Gasteiger charge is 2.26. The van der Waals surface area contributed by atoms with Crippen LogP contribution in [0.15, 0.2) is 36.4 Å². The Morgan fingerprint density at radius 1 is 1.20 bits per heavy atom. The summed E-state index contributed by atoms with van der Waals surface area (Å²) in [6, 6.07) is 9.04. The van der Waals surface area contributed by atoms with E-state index in [0.29, 0.717) is 12.5 Å². The molecule has 132 valence electrons. The van der Waals surface area contributed by atoms with Crippen LogP contribution in [0.3, 0.4) is 0 Å². The van der Waals surface area contributed by atoms with Crippen molar-refractivity contribution in [3.63, 3.8) is 0 Å². The summed E-state index contributed by atoms with van der Waals surface area (Å²) in [5.74, 6) is -1.34. The van der Waals surface area contributed by atoms with Crippen molar-refractivity contribution in [2.45, 2.75) is 38.7 Å². The molecular weight excluding hydrogens is 324 g/mol. The third-order valence-electron chi connectivity index (χ3n) is 4.33. The van der Waals surface area contributed by atoms with Gasteiger partial charge in [-0.25, -0.2) is 8.78 Å². The Bertz CT molecular complexity index is 812. The number of hydrogen-bond donors (Lipinski definition) is 1. The topological polar surface area (TPSA) is 38.3 Å². The second kappa shape index (κ2) is 6.47. The van der Waals surface area contributed by atoms with Gasteiger partial charge in [-0.3, -0.25) is 4.79 Å². The number of hydrogen-bond acceptors (Lipinski definition) is 2. The van der Waals surface area contributed by atoms with Crippen LogP contribution < -0.4 is 10.1 Å². The van der Waals surface area contributed by atoms with Crippen molar-refractivity contribution >= 4 is 5.91 Å². The van der Waals surface area contributed by atoms with E-state index in [9.17, 15) is 13.6 Å². The van der Waals surface area contributed by atoms with E-state index in [1.54, 1.807) is 0 Å². The fourth-order valence-corrected chi connectivity index (χ4v) is 2.88. The van der Waals surface area contributed by atoms with Crippen LogP contribution in [-0.4, -0.2) is 18.6 Å². The van der Waals surface area contributed by atoms with Crippen LogP contribution in [0.4, 0.5) is 8.78 Å². The van der Waals surface area contributed by atoms with Gasteiger partial charge in [0, 0.05) is 12.5 Å². The molecule has 0 spiro atoms. The van der Waals surface area contributed by atoms with Crippen LogP contribution >= 0.6 is 0 Å². The molecule has 5 heteroatoms. The lowest BCUT2D eigenvalue weighted by atomic mass is 9.86. The predicted molar refractivity (Wildman–Crippen MR) is 92.0 cm³/mol. The Labute approximate surface area is 146 Å². The number of benzene rings is 2. The van der Waals surface area contributed by atoms with Crippen LogP contribution in [0.2, 0.25) is 0 Å². The zero-order valence-corrected chi connectivity index (χ0v) is 14.5. The Balaban J connectivity index is 1.62. The van der Waals surface area contributed by atoms with Gasteiger partial charge in [-0.2, -0.15) is 0 Å². The summed E-state index contributed by atoms with van der Waals surface area (Å²) in [7, 11) is 0. The molecule has 0 unspecified atom stereocenters. The molecule has 3 rings (SSSR count). The van der Waals surface area contributed by atoms with Crippen LogP contribution in [-0.2, 0) is 11.8 Å². The first kappa shape index (κ1) is 17.4. The molecule has 2 aromatic rings. The number of halogens is 2. The molecule has 1 atom stereocenters. The second-order valence-corrected chi connectivity index (χ2v) is 7.35. The van der Waals surface area contributed by atoms with Crippen LogP contribution in [0.1, 0.15) is 42.3 Å². The fourth-order valence-electron chi connectivity index (χ4n) is 2.88. The highest BCUT2D eigenvalue weighted by Crippen LogP contribution is 2.33. The average Bonchev–Trinajstić information content (AvgIpc) is 2.93. The monoisotopic (exact) mass is 345 g/mol. The summed E-state index contributed by atoms with van der Waals surface area (Å²) in [5, 5.41) is 2.65. The first-order valence-corrected chi connectivity index (χ1v) is 8.27. The zero-order valence-electron chi connectivity index (χ0n) is 14.5. The van der Waals surface area contributed by atoms with Gasteiger partial charge in [0.15, 0.2) is 0 Å². The van der Waals surface area contributed by atoms with Crippen LogP contribution in [0, 0.1) is 11.6 Å². The van der Waals surface area contributed by atoms with E-state index in [0.717, 1.165) is 23.4 Å². The molecule has 0 aromatic heterocycles. The highest BCUT2D eigenvalue weighted by atomic mass is 19.1. The van der Waals surface area contributed by atoms with E-state index in [1.807, 2.05) is 12.1 Å². The van der Waals surface area contributed by atoms with Crippen molar-refractivity contribution in [1.82, 2.24) is 5.32 Å². The minimum atomic E-state index is -0.872. The van der Waals surface area contributed by atoms with Gasteiger partial charge in [0.25, 0.3) is 5.91 Å². The normalized spacial score (nSPS) is 16.3. The maximum Gasteiger partial charge on any atom is 0.254 e. The zero-order chi connectivity index (χ0) is 18.2. The standard InChI is InChI=1S/C20H21F2NO2/c1-20(2,3)13-4-7-18-12(8-13)9-15(25-18)11-23-19(24)16-6-5-14(21)10-17(16)22/h4-8,10,15H,9,11H2,1-3H3,(H,23,24)/t15-/m1/s1. The molecule has 1 heterocycles. The molecular formula is C20H21F2NO2. The lowest BCUT2D eigenvalue weighted by Gasteiger charge is -2.19. The summed E-state index contributed by atoms with van der Waals surface area (Å²) in [6.45, 7) is 6.72. The van der Waals surface area contributed by atoms with Gasteiger partial charge in [-0.05, 0) is 34.7 Å². The fraction of sp³-hybridized carbons (Fsp3) is 0.350. The summed E-state index contributed by atoms with van der Waals surface area (Å²) < 4.78 is 32.4. The van der Waals surface area contributed by atoms with Gasteiger partial charge in [-0.1, -0.05) is 32.9 Å². The molecule has 2 aromatic carbocycles. The minimum absolute atomic E-state index is 0.0570. The molecule has 1 amide bonds.